The highest BCUT2D eigenvalue weighted by Crippen LogP contribution is 2.29. The monoisotopic (exact) mass is 414 g/mol. The van der Waals surface area contributed by atoms with E-state index in [1.54, 1.807) is 0 Å². The molecule has 166 valence electrons. The topological polar surface area (TPSA) is 64.7 Å². The second-order valence-electron chi connectivity index (χ2n) is 9.13. The molecule has 1 aliphatic carbocycles. The third-order valence-corrected chi connectivity index (χ3v) is 7.07. The van der Waals surface area contributed by atoms with E-state index in [1.807, 2.05) is 37.3 Å². The standard InChI is InChI=1S/C24H38N4O2/c1-18-8-7-11-22(19(18)2)26-24(30)20(3)28-14-12-27(13-15-28)17-23(29)25-16-21-9-5-4-6-10-21/h4-6,9-10,18-20,22H,7-8,11-17H2,1-3H3,(H,25,29)(H,26,30). The molecule has 1 aromatic rings. The number of benzene rings is 1. The van der Waals surface area contributed by atoms with Crippen molar-refractivity contribution in [1.82, 2.24) is 20.4 Å². The summed E-state index contributed by atoms with van der Waals surface area (Å²) in [5.74, 6) is 1.42. The molecule has 6 nitrogen and oxygen atoms in total. The summed E-state index contributed by atoms with van der Waals surface area (Å²) in [6.07, 6.45) is 3.57. The highest BCUT2D eigenvalue weighted by molar-refractivity contribution is 5.81. The second-order valence-corrected chi connectivity index (χ2v) is 9.13. The normalized spacial score (nSPS) is 26.7. The molecular formula is C24H38N4O2. The zero-order valence-electron chi connectivity index (χ0n) is 18.8. The van der Waals surface area contributed by atoms with E-state index >= 15 is 0 Å². The summed E-state index contributed by atoms with van der Waals surface area (Å²) in [5.41, 5.74) is 1.11. The average Bonchev–Trinajstić information content (AvgIpc) is 2.76. The van der Waals surface area contributed by atoms with Crippen LogP contribution in [0.4, 0.5) is 0 Å². The van der Waals surface area contributed by atoms with Crippen LogP contribution in [-0.4, -0.2) is 66.4 Å². The maximum atomic E-state index is 12.8. The van der Waals surface area contributed by atoms with E-state index in [1.165, 1.54) is 12.8 Å². The summed E-state index contributed by atoms with van der Waals surface area (Å²) in [6.45, 7) is 10.8. The first kappa shape index (κ1) is 22.8. The van der Waals surface area contributed by atoms with Gasteiger partial charge in [-0.15, -0.1) is 0 Å². The van der Waals surface area contributed by atoms with Crippen LogP contribution in [-0.2, 0) is 16.1 Å². The zero-order chi connectivity index (χ0) is 21.5. The second kappa shape index (κ2) is 10.9. The summed E-state index contributed by atoms with van der Waals surface area (Å²) < 4.78 is 0. The number of hydrogen-bond acceptors (Lipinski definition) is 4. The molecule has 30 heavy (non-hydrogen) atoms. The van der Waals surface area contributed by atoms with Crippen LogP contribution in [0.1, 0.15) is 45.6 Å². The smallest absolute Gasteiger partial charge is 0.237 e. The predicted molar refractivity (Wildman–Crippen MR) is 120 cm³/mol. The third kappa shape index (κ3) is 6.29. The third-order valence-electron chi connectivity index (χ3n) is 7.07. The van der Waals surface area contributed by atoms with Crippen molar-refractivity contribution in [2.75, 3.05) is 32.7 Å². The van der Waals surface area contributed by atoms with E-state index in [2.05, 4.69) is 34.3 Å². The van der Waals surface area contributed by atoms with Crippen molar-refractivity contribution in [3.8, 4) is 0 Å². The first-order valence-electron chi connectivity index (χ1n) is 11.5. The lowest BCUT2D eigenvalue weighted by Gasteiger charge is -2.39. The SMILES string of the molecule is CC1CCCC(NC(=O)C(C)N2CCN(CC(=O)NCc3ccccc3)CC2)C1C. The highest BCUT2D eigenvalue weighted by atomic mass is 16.2. The maximum Gasteiger partial charge on any atom is 0.237 e. The van der Waals surface area contributed by atoms with Gasteiger partial charge in [0.2, 0.25) is 11.8 Å². The molecule has 4 unspecified atom stereocenters. The molecule has 1 heterocycles. The van der Waals surface area contributed by atoms with Crippen molar-refractivity contribution >= 4 is 11.8 Å². The lowest BCUT2D eigenvalue weighted by atomic mass is 9.78. The number of rotatable bonds is 7. The van der Waals surface area contributed by atoms with Gasteiger partial charge in [-0.1, -0.05) is 57.0 Å². The lowest BCUT2D eigenvalue weighted by molar-refractivity contribution is -0.129. The van der Waals surface area contributed by atoms with Gasteiger partial charge in [-0.05, 0) is 30.7 Å². The number of nitrogens with zero attached hydrogens (tertiary/aromatic N) is 2. The van der Waals surface area contributed by atoms with Crippen molar-refractivity contribution in [1.29, 1.82) is 0 Å². The number of hydrogen-bond donors (Lipinski definition) is 2. The molecule has 1 saturated heterocycles. The highest BCUT2D eigenvalue weighted by Gasteiger charge is 2.31. The molecule has 6 heteroatoms. The van der Waals surface area contributed by atoms with E-state index < -0.39 is 0 Å². The van der Waals surface area contributed by atoms with Crippen LogP contribution in [0.3, 0.4) is 0 Å². The van der Waals surface area contributed by atoms with Gasteiger partial charge < -0.3 is 10.6 Å². The molecule has 1 aliphatic heterocycles. The Kier molecular flexibility index (Phi) is 8.28. The molecule has 2 amide bonds. The summed E-state index contributed by atoms with van der Waals surface area (Å²) in [6, 6.07) is 10.1. The molecule has 0 aromatic heterocycles. The molecule has 2 aliphatic rings. The maximum absolute atomic E-state index is 12.8. The molecule has 1 aromatic carbocycles. The Balaban J connectivity index is 1.37. The first-order valence-corrected chi connectivity index (χ1v) is 11.5. The van der Waals surface area contributed by atoms with Crippen molar-refractivity contribution in [2.45, 2.75) is 58.7 Å². The van der Waals surface area contributed by atoms with Gasteiger partial charge in [0.1, 0.15) is 0 Å². The van der Waals surface area contributed by atoms with Gasteiger partial charge in [0.15, 0.2) is 0 Å². The molecule has 1 saturated carbocycles. The van der Waals surface area contributed by atoms with Crippen LogP contribution in [0, 0.1) is 11.8 Å². The largest absolute Gasteiger partial charge is 0.352 e. The van der Waals surface area contributed by atoms with Gasteiger partial charge >= 0.3 is 0 Å². The van der Waals surface area contributed by atoms with Crippen LogP contribution < -0.4 is 10.6 Å². The fourth-order valence-electron chi connectivity index (χ4n) is 4.62. The van der Waals surface area contributed by atoms with E-state index in [4.69, 9.17) is 0 Å². The molecule has 3 rings (SSSR count). The number of carbonyl (C=O) groups excluding carboxylic acids is 2. The van der Waals surface area contributed by atoms with Crippen molar-refractivity contribution in [3.05, 3.63) is 35.9 Å². The van der Waals surface area contributed by atoms with Crippen LogP contribution in [0.5, 0.6) is 0 Å². The lowest BCUT2D eigenvalue weighted by Crippen LogP contribution is -2.56. The Hall–Kier alpha value is -1.92. The number of piperazine rings is 1. The Labute approximate surface area is 181 Å². The quantitative estimate of drug-likeness (QED) is 0.718. The van der Waals surface area contributed by atoms with Crippen LogP contribution in [0.2, 0.25) is 0 Å². The number of nitrogens with one attached hydrogen (secondary N) is 2. The zero-order valence-corrected chi connectivity index (χ0v) is 18.8. The van der Waals surface area contributed by atoms with Crippen molar-refractivity contribution in [3.63, 3.8) is 0 Å². The fraction of sp³-hybridized carbons (Fsp3) is 0.667. The minimum Gasteiger partial charge on any atom is -0.352 e. The molecule has 0 bridgehead atoms. The van der Waals surface area contributed by atoms with Gasteiger partial charge in [0.05, 0.1) is 12.6 Å². The van der Waals surface area contributed by atoms with E-state index in [0.717, 1.165) is 38.2 Å². The minimum atomic E-state index is -0.122. The Morgan fingerprint density at radius 3 is 2.47 bits per heavy atom. The van der Waals surface area contributed by atoms with Gasteiger partial charge in [-0.3, -0.25) is 19.4 Å². The van der Waals surface area contributed by atoms with Crippen molar-refractivity contribution in [2.24, 2.45) is 11.8 Å². The average molecular weight is 415 g/mol. The van der Waals surface area contributed by atoms with Gasteiger partial charge in [-0.25, -0.2) is 0 Å². The van der Waals surface area contributed by atoms with Crippen LogP contribution in [0.25, 0.3) is 0 Å². The summed E-state index contributed by atoms with van der Waals surface area (Å²) >= 11 is 0. The summed E-state index contributed by atoms with van der Waals surface area (Å²) in [7, 11) is 0. The first-order chi connectivity index (χ1) is 14.4. The molecule has 4 atom stereocenters. The van der Waals surface area contributed by atoms with E-state index in [0.29, 0.717) is 31.0 Å². The van der Waals surface area contributed by atoms with Crippen molar-refractivity contribution < 1.29 is 9.59 Å². The molecule has 0 spiro atoms. The van der Waals surface area contributed by atoms with Gasteiger partial charge in [-0.2, -0.15) is 0 Å². The minimum absolute atomic E-state index is 0.0542. The summed E-state index contributed by atoms with van der Waals surface area (Å²) in [4.78, 5) is 29.5. The van der Waals surface area contributed by atoms with Gasteiger partial charge in [0.25, 0.3) is 0 Å². The number of carbonyl (C=O) groups is 2. The van der Waals surface area contributed by atoms with E-state index in [-0.39, 0.29) is 17.9 Å². The van der Waals surface area contributed by atoms with Crippen LogP contribution >= 0.6 is 0 Å². The van der Waals surface area contributed by atoms with Crippen LogP contribution in [0.15, 0.2) is 30.3 Å². The fourth-order valence-corrected chi connectivity index (χ4v) is 4.62. The number of amides is 2. The Morgan fingerprint density at radius 2 is 1.77 bits per heavy atom. The summed E-state index contributed by atoms with van der Waals surface area (Å²) in [5, 5.41) is 6.31. The molecule has 0 radical (unpaired) electrons. The van der Waals surface area contributed by atoms with E-state index in [9.17, 15) is 9.59 Å². The Bertz CT molecular complexity index is 688. The van der Waals surface area contributed by atoms with Gasteiger partial charge in [0, 0.05) is 38.8 Å². The molecular weight excluding hydrogens is 376 g/mol. The predicted octanol–water partition coefficient (Wildman–Crippen LogP) is 2.25. The Morgan fingerprint density at radius 1 is 1.07 bits per heavy atom. The molecule has 2 N–H and O–H groups in total. The molecule has 2 fully saturated rings.